The number of nitrogens with zero attached hydrogens (tertiary/aromatic N) is 1. The molecule has 0 saturated carbocycles. The van der Waals surface area contributed by atoms with Gasteiger partial charge >= 0.3 is 0 Å². The minimum absolute atomic E-state index is 0.0476. The van der Waals surface area contributed by atoms with Gasteiger partial charge in [-0.25, -0.2) is 4.98 Å². The largest absolute Gasteiger partial charge is 0.464 e. The molecule has 0 radical (unpaired) electrons. The molecule has 4 aromatic rings. The number of rotatable bonds is 3. The number of hydrogen-bond donors (Lipinski definition) is 1. The molecular weight excluding hydrogens is 344 g/mol. The number of fused-ring (bicyclic) bond motifs is 2. The van der Waals surface area contributed by atoms with Crippen molar-refractivity contribution in [3.63, 3.8) is 0 Å². The minimum atomic E-state index is -0.0899. The number of carbonyl (C=O) groups is 1. The molecule has 0 spiro atoms. The average Bonchev–Trinajstić information content (AvgIpc) is 3.17. The Hall–Kier alpha value is -2.66. The van der Waals surface area contributed by atoms with E-state index in [1.165, 1.54) is 16.9 Å². The summed E-state index contributed by atoms with van der Waals surface area (Å²) in [7, 11) is 0. The van der Waals surface area contributed by atoms with Gasteiger partial charge in [-0.2, -0.15) is 0 Å². The number of aromatic nitrogens is 1. The van der Waals surface area contributed by atoms with Crippen molar-refractivity contribution >= 4 is 43.6 Å². The maximum atomic E-state index is 12.5. The van der Waals surface area contributed by atoms with Crippen LogP contribution in [0.3, 0.4) is 0 Å². The maximum absolute atomic E-state index is 12.5. The number of carbonyl (C=O) groups excluding carboxylic acids is 1. The van der Waals surface area contributed by atoms with Gasteiger partial charge in [-0.15, -0.1) is 0 Å². The number of benzene rings is 2. The van der Waals surface area contributed by atoms with Gasteiger partial charge in [-0.1, -0.05) is 50.3 Å². The molecule has 5 heteroatoms. The van der Waals surface area contributed by atoms with E-state index in [1.807, 2.05) is 30.3 Å². The molecule has 0 bridgehead atoms. The SMILES string of the molecule is CC(C)(C)c1ccc2occ(CC(=O)Nc3nc4ccccc4s3)c2c1. The van der Waals surface area contributed by atoms with Crippen molar-refractivity contribution in [3.8, 4) is 0 Å². The molecule has 0 atom stereocenters. The second kappa shape index (κ2) is 6.25. The molecule has 2 aromatic carbocycles. The fourth-order valence-corrected chi connectivity index (χ4v) is 3.83. The smallest absolute Gasteiger partial charge is 0.230 e. The number of nitrogens with one attached hydrogen (secondary N) is 1. The Labute approximate surface area is 155 Å². The first-order valence-electron chi connectivity index (χ1n) is 8.56. The lowest BCUT2D eigenvalue weighted by Gasteiger charge is -2.18. The van der Waals surface area contributed by atoms with Crippen LogP contribution in [0.25, 0.3) is 21.2 Å². The van der Waals surface area contributed by atoms with Crippen LogP contribution in [0.4, 0.5) is 5.13 Å². The third kappa shape index (κ3) is 3.22. The topological polar surface area (TPSA) is 55.1 Å². The number of furan rings is 1. The van der Waals surface area contributed by atoms with Crippen LogP contribution in [0.15, 0.2) is 53.1 Å². The predicted octanol–water partition coefficient (Wildman–Crippen LogP) is 5.52. The van der Waals surface area contributed by atoms with Gasteiger partial charge in [-0.05, 0) is 35.2 Å². The van der Waals surface area contributed by atoms with E-state index < -0.39 is 0 Å². The van der Waals surface area contributed by atoms with Crippen molar-refractivity contribution in [3.05, 3.63) is 59.9 Å². The lowest BCUT2D eigenvalue weighted by molar-refractivity contribution is -0.115. The van der Waals surface area contributed by atoms with Crippen molar-refractivity contribution in [2.45, 2.75) is 32.6 Å². The van der Waals surface area contributed by atoms with Crippen LogP contribution >= 0.6 is 11.3 Å². The van der Waals surface area contributed by atoms with E-state index in [-0.39, 0.29) is 17.7 Å². The first kappa shape index (κ1) is 16.8. The summed E-state index contributed by atoms with van der Waals surface area (Å²) in [5, 5.41) is 4.53. The van der Waals surface area contributed by atoms with Crippen LogP contribution in [-0.2, 0) is 16.6 Å². The summed E-state index contributed by atoms with van der Waals surface area (Å²) in [6, 6.07) is 14.0. The van der Waals surface area contributed by atoms with Gasteiger partial charge in [0, 0.05) is 10.9 Å². The van der Waals surface area contributed by atoms with Crippen LogP contribution in [-0.4, -0.2) is 10.9 Å². The maximum Gasteiger partial charge on any atom is 0.230 e. The zero-order valence-electron chi connectivity index (χ0n) is 15.0. The highest BCUT2D eigenvalue weighted by Gasteiger charge is 2.17. The molecule has 0 unspecified atom stereocenters. The number of hydrogen-bond acceptors (Lipinski definition) is 4. The molecule has 2 aromatic heterocycles. The van der Waals surface area contributed by atoms with Gasteiger partial charge in [0.1, 0.15) is 5.58 Å². The zero-order valence-corrected chi connectivity index (χ0v) is 15.8. The second-order valence-corrected chi connectivity index (χ2v) is 8.46. The van der Waals surface area contributed by atoms with Gasteiger partial charge in [-0.3, -0.25) is 4.79 Å². The summed E-state index contributed by atoms with van der Waals surface area (Å²) in [6.45, 7) is 6.52. The molecule has 4 rings (SSSR count). The zero-order chi connectivity index (χ0) is 18.3. The Balaban J connectivity index is 1.57. The number of amides is 1. The van der Waals surface area contributed by atoms with Gasteiger partial charge in [0.05, 0.1) is 22.9 Å². The third-order valence-corrected chi connectivity index (χ3v) is 5.36. The quantitative estimate of drug-likeness (QED) is 0.521. The Morgan fingerprint density at radius 1 is 1.19 bits per heavy atom. The first-order chi connectivity index (χ1) is 12.4. The van der Waals surface area contributed by atoms with Crippen molar-refractivity contribution in [1.29, 1.82) is 0 Å². The van der Waals surface area contributed by atoms with Crippen LogP contribution in [0, 0.1) is 0 Å². The number of thiazole rings is 1. The fraction of sp³-hybridized carbons (Fsp3) is 0.238. The highest BCUT2D eigenvalue weighted by atomic mass is 32.1. The van der Waals surface area contributed by atoms with Crippen molar-refractivity contribution in [2.24, 2.45) is 0 Å². The van der Waals surface area contributed by atoms with Crippen LogP contribution in [0.1, 0.15) is 31.9 Å². The highest BCUT2D eigenvalue weighted by Crippen LogP contribution is 2.30. The normalized spacial score (nSPS) is 12.0. The summed E-state index contributed by atoms with van der Waals surface area (Å²) >= 11 is 1.48. The summed E-state index contributed by atoms with van der Waals surface area (Å²) in [6.07, 6.45) is 1.94. The lowest BCUT2D eigenvalue weighted by Crippen LogP contribution is -2.14. The first-order valence-corrected chi connectivity index (χ1v) is 9.38. The molecule has 0 aliphatic heterocycles. The molecule has 0 saturated heterocycles. The molecule has 0 fully saturated rings. The molecule has 1 N–H and O–H groups in total. The molecular formula is C21H20N2O2S. The van der Waals surface area contributed by atoms with Crippen molar-refractivity contribution < 1.29 is 9.21 Å². The molecule has 1 amide bonds. The Kier molecular flexibility index (Phi) is 4.04. The van der Waals surface area contributed by atoms with Crippen molar-refractivity contribution in [1.82, 2.24) is 4.98 Å². The fourth-order valence-electron chi connectivity index (χ4n) is 2.95. The van der Waals surface area contributed by atoms with E-state index in [0.29, 0.717) is 5.13 Å². The second-order valence-electron chi connectivity index (χ2n) is 7.43. The number of anilines is 1. The van der Waals surface area contributed by atoms with Gasteiger partial charge < -0.3 is 9.73 Å². The van der Waals surface area contributed by atoms with E-state index in [0.717, 1.165) is 26.7 Å². The molecule has 132 valence electrons. The molecule has 2 heterocycles. The summed E-state index contributed by atoms with van der Waals surface area (Å²) in [5.41, 5.74) is 3.87. The molecule has 0 aliphatic rings. The van der Waals surface area contributed by atoms with Crippen LogP contribution in [0.2, 0.25) is 0 Å². The highest BCUT2D eigenvalue weighted by molar-refractivity contribution is 7.22. The Morgan fingerprint density at radius 3 is 2.77 bits per heavy atom. The van der Waals surface area contributed by atoms with Crippen LogP contribution in [0.5, 0.6) is 0 Å². The summed E-state index contributed by atoms with van der Waals surface area (Å²) in [4.78, 5) is 16.9. The standard InChI is InChI=1S/C21H20N2O2S/c1-21(2,3)14-8-9-17-15(11-14)13(12-25-17)10-19(24)23-20-22-16-6-4-5-7-18(16)26-20/h4-9,11-12H,10H2,1-3H3,(H,22,23,24). The van der Waals surface area contributed by atoms with E-state index >= 15 is 0 Å². The number of para-hydroxylation sites is 1. The summed E-state index contributed by atoms with van der Waals surface area (Å²) in [5.74, 6) is -0.0899. The predicted molar refractivity (Wildman–Crippen MR) is 107 cm³/mol. The van der Waals surface area contributed by atoms with Gasteiger partial charge in [0.25, 0.3) is 0 Å². The van der Waals surface area contributed by atoms with E-state index in [2.05, 4.69) is 43.2 Å². The van der Waals surface area contributed by atoms with E-state index in [1.54, 1.807) is 6.26 Å². The summed E-state index contributed by atoms with van der Waals surface area (Å²) < 4.78 is 6.68. The minimum Gasteiger partial charge on any atom is -0.464 e. The third-order valence-electron chi connectivity index (χ3n) is 4.41. The lowest BCUT2D eigenvalue weighted by atomic mass is 9.86. The average molecular weight is 364 g/mol. The Bertz CT molecular complexity index is 1070. The van der Waals surface area contributed by atoms with Crippen LogP contribution < -0.4 is 5.32 Å². The van der Waals surface area contributed by atoms with Crippen molar-refractivity contribution in [2.75, 3.05) is 5.32 Å². The van der Waals surface area contributed by atoms with Gasteiger partial charge in [0.15, 0.2) is 5.13 Å². The molecule has 4 nitrogen and oxygen atoms in total. The molecule has 0 aliphatic carbocycles. The van der Waals surface area contributed by atoms with E-state index in [9.17, 15) is 4.79 Å². The Morgan fingerprint density at radius 2 is 2.00 bits per heavy atom. The van der Waals surface area contributed by atoms with E-state index in [4.69, 9.17) is 4.42 Å². The monoisotopic (exact) mass is 364 g/mol. The molecule has 26 heavy (non-hydrogen) atoms. The van der Waals surface area contributed by atoms with Gasteiger partial charge in [0.2, 0.25) is 5.91 Å².